The summed E-state index contributed by atoms with van der Waals surface area (Å²) < 4.78 is 5.41. The molecule has 5 heteroatoms. The number of hydrogen-bond donors (Lipinski definition) is 0. The normalized spacial score (nSPS) is 30.3. The third-order valence-corrected chi connectivity index (χ3v) is 6.32. The van der Waals surface area contributed by atoms with Gasteiger partial charge >= 0.3 is 0 Å². The van der Waals surface area contributed by atoms with Crippen molar-refractivity contribution in [2.75, 3.05) is 39.4 Å². The highest BCUT2D eigenvalue weighted by Gasteiger charge is 2.51. The number of carbonyl (C=O) groups excluding carboxylic acids is 1. The number of pyridine rings is 1. The highest BCUT2D eigenvalue weighted by molar-refractivity contribution is 5.80. The van der Waals surface area contributed by atoms with E-state index in [9.17, 15) is 4.79 Å². The third kappa shape index (κ3) is 3.44. The molecule has 1 aromatic rings. The van der Waals surface area contributed by atoms with Crippen molar-refractivity contribution in [1.29, 1.82) is 0 Å². The van der Waals surface area contributed by atoms with Crippen LogP contribution in [-0.2, 0) is 16.1 Å². The summed E-state index contributed by atoms with van der Waals surface area (Å²) in [4.78, 5) is 22.3. The van der Waals surface area contributed by atoms with Gasteiger partial charge in [-0.1, -0.05) is 12.5 Å². The molecule has 0 N–H and O–H groups in total. The van der Waals surface area contributed by atoms with Gasteiger partial charge in [0.2, 0.25) is 5.91 Å². The molecule has 5 nitrogen and oxygen atoms in total. The van der Waals surface area contributed by atoms with Gasteiger partial charge in [-0.15, -0.1) is 0 Å². The van der Waals surface area contributed by atoms with Crippen LogP contribution in [0.15, 0.2) is 18.2 Å². The molecule has 2 aliphatic heterocycles. The second kappa shape index (κ2) is 7.04. The highest BCUT2D eigenvalue weighted by Crippen LogP contribution is 2.50. The molecule has 3 heterocycles. The minimum Gasteiger partial charge on any atom is -0.378 e. The van der Waals surface area contributed by atoms with Crippen molar-refractivity contribution in [3.63, 3.8) is 0 Å². The van der Waals surface area contributed by atoms with Gasteiger partial charge in [-0.25, -0.2) is 0 Å². The van der Waals surface area contributed by atoms with Gasteiger partial charge < -0.3 is 9.64 Å². The van der Waals surface area contributed by atoms with Crippen molar-refractivity contribution in [1.82, 2.24) is 14.8 Å². The number of likely N-dealkylation sites (tertiary alicyclic amines) is 1. The van der Waals surface area contributed by atoms with Crippen molar-refractivity contribution in [3.05, 3.63) is 29.6 Å². The van der Waals surface area contributed by atoms with Crippen molar-refractivity contribution in [3.8, 4) is 0 Å². The summed E-state index contributed by atoms with van der Waals surface area (Å²) in [6.07, 6.45) is 4.61. The van der Waals surface area contributed by atoms with Crippen LogP contribution in [0.25, 0.3) is 0 Å². The molecule has 4 rings (SSSR count). The first kappa shape index (κ1) is 17.0. The summed E-state index contributed by atoms with van der Waals surface area (Å²) in [6.45, 7) is 7.99. The van der Waals surface area contributed by atoms with E-state index in [1.807, 2.05) is 17.9 Å². The van der Waals surface area contributed by atoms with E-state index in [1.165, 1.54) is 12.8 Å². The smallest absolute Gasteiger partial charge is 0.226 e. The van der Waals surface area contributed by atoms with Crippen molar-refractivity contribution < 1.29 is 9.53 Å². The summed E-state index contributed by atoms with van der Waals surface area (Å²) in [5.74, 6) is 0.595. The SMILES string of the molecule is Cc1cccc(CN2CC[C@]3(CCC[C@@H]3C(=O)N3CCOCC3)C2)n1. The maximum Gasteiger partial charge on any atom is 0.226 e. The highest BCUT2D eigenvalue weighted by atomic mass is 16.5. The third-order valence-electron chi connectivity index (χ3n) is 6.32. The van der Waals surface area contributed by atoms with Gasteiger partial charge in [0.05, 0.1) is 18.9 Å². The molecule has 1 amide bonds. The monoisotopic (exact) mass is 343 g/mol. The van der Waals surface area contributed by atoms with E-state index >= 15 is 0 Å². The van der Waals surface area contributed by atoms with Crippen LogP contribution < -0.4 is 0 Å². The fraction of sp³-hybridized carbons (Fsp3) is 0.700. The number of amides is 1. The van der Waals surface area contributed by atoms with Crippen LogP contribution in [0.5, 0.6) is 0 Å². The standard InChI is InChI=1S/C20H29N3O2/c1-16-4-2-5-17(21-16)14-22-9-8-20(15-22)7-3-6-18(20)19(24)23-10-12-25-13-11-23/h2,4-5,18H,3,6-15H2,1H3/t18-,20-/m1/s1. The molecular formula is C20H29N3O2. The molecule has 0 radical (unpaired) electrons. The first-order valence-corrected chi connectivity index (χ1v) is 9.68. The fourth-order valence-electron chi connectivity index (χ4n) is 5.05. The zero-order valence-corrected chi connectivity index (χ0v) is 15.2. The number of hydrogen-bond acceptors (Lipinski definition) is 4. The van der Waals surface area contributed by atoms with Crippen molar-refractivity contribution in [2.45, 2.75) is 39.2 Å². The summed E-state index contributed by atoms with van der Waals surface area (Å²) >= 11 is 0. The van der Waals surface area contributed by atoms with Crippen molar-refractivity contribution in [2.24, 2.45) is 11.3 Å². The molecule has 136 valence electrons. The van der Waals surface area contributed by atoms with Gasteiger partial charge in [0, 0.05) is 37.8 Å². The number of morpholine rings is 1. The lowest BCUT2D eigenvalue weighted by atomic mass is 9.76. The Hall–Kier alpha value is -1.46. The van der Waals surface area contributed by atoms with Gasteiger partial charge in [-0.3, -0.25) is 14.7 Å². The fourth-order valence-corrected chi connectivity index (χ4v) is 5.05. The van der Waals surface area contributed by atoms with Gasteiger partial charge in [0.1, 0.15) is 0 Å². The number of nitrogens with zero attached hydrogens (tertiary/aromatic N) is 3. The van der Waals surface area contributed by atoms with Crippen LogP contribution in [0, 0.1) is 18.3 Å². The summed E-state index contributed by atoms with van der Waals surface area (Å²) in [7, 11) is 0. The van der Waals surface area contributed by atoms with Crippen LogP contribution >= 0.6 is 0 Å². The minimum absolute atomic E-state index is 0.194. The molecule has 25 heavy (non-hydrogen) atoms. The number of aromatic nitrogens is 1. The molecule has 0 bridgehead atoms. The number of rotatable bonds is 3. The lowest BCUT2D eigenvalue weighted by Crippen LogP contribution is -2.47. The van der Waals surface area contributed by atoms with Crippen LogP contribution in [-0.4, -0.2) is 60.1 Å². The predicted molar refractivity (Wildman–Crippen MR) is 96.0 cm³/mol. The molecule has 1 aliphatic carbocycles. The molecule has 3 fully saturated rings. The van der Waals surface area contributed by atoms with Crippen LogP contribution in [0.3, 0.4) is 0 Å². The van der Waals surface area contributed by atoms with Crippen molar-refractivity contribution >= 4 is 5.91 Å². The Morgan fingerprint density at radius 3 is 2.92 bits per heavy atom. The Morgan fingerprint density at radius 2 is 2.12 bits per heavy atom. The summed E-state index contributed by atoms with van der Waals surface area (Å²) in [5, 5.41) is 0. The molecule has 3 aliphatic rings. The quantitative estimate of drug-likeness (QED) is 0.844. The first-order chi connectivity index (χ1) is 12.2. The number of carbonyl (C=O) groups is 1. The molecule has 1 aromatic heterocycles. The Labute approximate surface area is 150 Å². The largest absolute Gasteiger partial charge is 0.378 e. The van der Waals surface area contributed by atoms with E-state index in [2.05, 4.69) is 22.0 Å². The zero-order valence-electron chi connectivity index (χ0n) is 15.2. The lowest BCUT2D eigenvalue weighted by Gasteiger charge is -2.36. The van der Waals surface area contributed by atoms with Crippen LogP contribution in [0.4, 0.5) is 0 Å². The van der Waals surface area contributed by atoms with E-state index in [1.54, 1.807) is 0 Å². The van der Waals surface area contributed by atoms with E-state index < -0.39 is 0 Å². The lowest BCUT2D eigenvalue weighted by molar-refractivity contribution is -0.143. The van der Waals surface area contributed by atoms with E-state index in [0.717, 1.165) is 57.0 Å². The molecule has 2 saturated heterocycles. The molecular weight excluding hydrogens is 314 g/mol. The Morgan fingerprint density at radius 1 is 1.28 bits per heavy atom. The Kier molecular flexibility index (Phi) is 4.78. The number of ether oxygens (including phenoxy) is 1. The van der Waals surface area contributed by atoms with Gasteiger partial charge in [-0.2, -0.15) is 0 Å². The molecule has 0 unspecified atom stereocenters. The van der Waals surface area contributed by atoms with E-state index in [0.29, 0.717) is 19.1 Å². The van der Waals surface area contributed by atoms with E-state index in [4.69, 9.17) is 4.74 Å². The maximum atomic E-state index is 13.1. The summed E-state index contributed by atoms with van der Waals surface area (Å²) in [6, 6.07) is 6.25. The Balaban J connectivity index is 1.43. The van der Waals surface area contributed by atoms with E-state index in [-0.39, 0.29) is 11.3 Å². The van der Waals surface area contributed by atoms with Gasteiger partial charge in [-0.05, 0) is 50.3 Å². The number of aryl methyl sites for hydroxylation is 1. The second-order valence-corrected chi connectivity index (χ2v) is 7.98. The topological polar surface area (TPSA) is 45.7 Å². The molecule has 1 saturated carbocycles. The van der Waals surface area contributed by atoms with Crippen LogP contribution in [0.2, 0.25) is 0 Å². The first-order valence-electron chi connectivity index (χ1n) is 9.68. The van der Waals surface area contributed by atoms with Gasteiger partial charge in [0.15, 0.2) is 0 Å². The zero-order chi connectivity index (χ0) is 17.3. The predicted octanol–water partition coefficient (Wildman–Crippen LogP) is 2.24. The maximum absolute atomic E-state index is 13.1. The van der Waals surface area contributed by atoms with Crippen LogP contribution in [0.1, 0.15) is 37.1 Å². The average molecular weight is 343 g/mol. The second-order valence-electron chi connectivity index (χ2n) is 7.98. The van der Waals surface area contributed by atoms with Gasteiger partial charge in [0.25, 0.3) is 0 Å². The molecule has 1 spiro atoms. The summed E-state index contributed by atoms with van der Waals surface area (Å²) in [5.41, 5.74) is 2.41. The minimum atomic E-state index is 0.194. The molecule has 0 aromatic carbocycles. The average Bonchev–Trinajstić information content (AvgIpc) is 3.22. The Bertz CT molecular complexity index is 629. The molecule has 2 atom stereocenters.